The van der Waals surface area contributed by atoms with Crippen molar-refractivity contribution in [1.29, 1.82) is 0 Å². The van der Waals surface area contributed by atoms with Gasteiger partial charge < -0.3 is 19.0 Å². The average Bonchev–Trinajstić information content (AvgIpc) is 3.43. The van der Waals surface area contributed by atoms with Crippen molar-refractivity contribution in [2.24, 2.45) is 7.05 Å². The number of imidazole rings is 1. The summed E-state index contributed by atoms with van der Waals surface area (Å²) >= 11 is 0. The van der Waals surface area contributed by atoms with Crippen LogP contribution in [0.1, 0.15) is 31.4 Å². The first-order valence-corrected chi connectivity index (χ1v) is 11.3. The molecule has 0 unspecified atom stereocenters. The number of methoxy groups -OCH3 is 1. The Morgan fingerprint density at radius 2 is 1.83 bits per heavy atom. The van der Waals surface area contributed by atoms with E-state index in [2.05, 4.69) is 24.1 Å². The molecule has 7 nitrogen and oxygen atoms in total. The quantitative estimate of drug-likeness (QED) is 0.300. The summed E-state index contributed by atoms with van der Waals surface area (Å²) in [6, 6.07) is 14.2. The molecule has 0 aliphatic carbocycles. The molecule has 1 N–H and O–H groups in total. The lowest BCUT2D eigenvalue weighted by molar-refractivity contribution is 0.414. The number of hydrogen-bond acceptors (Lipinski definition) is 6. The van der Waals surface area contributed by atoms with Crippen molar-refractivity contribution >= 4 is 22.5 Å². The Balaban J connectivity index is 1.60. The van der Waals surface area contributed by atoms with Crippen LogP contribution in [-0.4, -0.2) is 26.6 Å². The zero-order valence-electron chi connectivity index (χ0n) is 20.3. The molecule has 0 saturated heterocycles. The standard InChI is InChI=1S/C27H26FN5O2/c1-15(2)21-13-22(25-27(31-21)33(4)26(32-25)17-6-8-18(28)9-7-17)30-19-10-11-20(23(12-19)34-5)24-14-29-16(3)35-24/h6-15H,1-5H3,(H,30,31). The van der Waals surface area contributed by atoms with Crippen LogP contribution in [-0.2, 0) is 7.05 Å². The number of aromatic nitrogens is 4. The molecular formula is C27H26FN5O2. The molecule has 0 amide bonds. The molecule has 0 aliphatic heterocycles. The van der Waals surface area contributed by atoms with Gasteiger partial charge in [-0.2, -0.15) is 0 Å². The summed E-state index contributed by atoms with van der Waals surface area (Å²) in [5, 5.41) is 3.50. The van der Waals surface area contributed by atoms with Gasteiger partial charge in [-0.25, -0.2) is 19.3 Å². The molecule has 0 aliphatic rings. The predicted molar refractivity (Wildman–Crippen MR) is 135 cm³/mol. The van der Waals surface area contributed by atoms with Gasteiger partial charge in [0.1, 0.15) is 22.9 Å². The van der Waals surface area contributed by atoms with Crippen molar-refractivity contribution in [1.82, 2.24) is 19.5 Å². The molecule has 0 atom stereocenters. The van der Waals surface area contributed by atoms with Gasteiger partial charge in [-0.15, -0.1) is 0 Å². The molecule has 35 heavy (non-hydrogen) atoms. The summed E-state index contributed by atoms with van der Waals surface area (Å²) < 4.78 is 26.7. The zero-order valence-corrected chi connectivity index (χ0v) is 20.3. The van der Waals surface area contributed by atoms with E-state index < -0.39 is 0 Å². The second-order valence-corrected chi connectivity index (χ2v) is 8.71. The topological polar surface area (TPSA) is 78.0 Å². The number of rotatable bonds is 6. The second kappa shape index (κ2) is 8.87. The van der Waals surface area contributed by atoms with E-state index in [0.717, 1.165) is 39.4 Å². The number of oxazole rings is 1. The van der Waals surface area contributed by atoms with Gasteiger partial charge in [-0.05, 0) is 48.4 Å². The van der Waals surface area contributed by atoms with Crippen molar-refractivity contribution in [2.75, 3.05) is 12.4 Å². The van der Waals surface area contributed by atoms with Crippen LogP contribution >= 0.6 is 0 Å². The number of pyridine rings is 1. The van der Waals surface area contributed by atoms with E-state index in [1.807, 2.05) is 35.9 Å². The maximum absolute atomic E-state index is 13.5. The van der Waals surface area contributed by atoms with E-state index in [4.69, 9.17) is 19.1 Å². The van der Waals surface area contributed by atoms with E-state index in [9.17, 15) is 4.39 Å². The number of benzene rings is 2. The third kappa shape index (κ3) is 4.23. The van der Waals surface area contributed by atoms with Gasteiger partial charge in [0.2, 0.25) is 0 Å². The van der Waals surface area contributed by atoms with E-state index in [1.165, 1.54) is 12.1 Å². The van der Waals surface area contributed by atoms with E-state index in [1.54, 1.807) is 32.4 Å². The van der Waals surface area contributed by atoms with Gasteiger partial charge in [0.25, 0.3) is 0 Å². The van der Waals surface area contributed by atoms with E-state index in [0.29, 0.717) is 23.2 Å². The third-order valence-corrected chi connectivity index (χ3v) is 5.91. The minimum absolute atomic E-state index is 0.218. The van der Waals surface area contributed by atoms with Gasteiger partial charge in [-0.3, -0.25) is 0 Å². The van der Waals surface area contributed by atoms with Crippen LogP contribution in [0.5, 0.6) is 5.75 Å². The van der Waals surface area contributed by atoms with Crippen molar-refractivity contribution in [3.05, 3.63) is 72.1 Å². The summed E-state index contributed by atoms with van der Waals surface area (Å²) in [7, 11) is 3.55. The largest absolute Gasteiger partial charge is 0.496 e. The van der Waals surface area contributed by atoms with Crippen LogP contribution in [0.2, 0.25) is 0 Å². The normalized spacial score (nSPS) is 11.4. The Morgan fingerprint density at radius 1 is 1.06 bits per heavy atom. The molecule has 0 fully saturated rings. The minimum Gasteiger partial charge on any atom is -0.496 e. The molecule has 3 heterocycles. The fraction of sp³-hybridized carbons (Fsp3) is 0.222. The second-order valence-electron chi connectivity index (χ2n) is 8.71. The van der Waals surface area contributed by atoms with E-state index in [-0.39, 0.29) is 11.7 Å². The summed E-state index contributed by atoms with van der Waals surface area (Å²) in [5.41, 5.74) is 5.71. The Morgan fingerprint density at radius 3 is 2.49 bits per heavy atom. The summed E-state index contributed by atoms with van der Waals surface area (Å²) in [4.78, 5) is 13.9. The first-order chi connectivity index (χ1) is 16.8. The number of hydrogen-bond donors (Lipinski definition) is 1. The van der Waals surface area contributed by atoms with Crippen LogP contribution in [0, 0.1) is 12.7 Å². The maximum Gasteiger partial charge on any atom is 0.191 e. The molecule has 5 aromatic rings. The predicted octanol–water partition coefficient (Wildman–Crippen LogP) is 6.61. The molecule has 0 saturated carbocycles. The molecule has 2 aromatic carbocycles. The lowest BCUT2D eigenvalue weighted by Gasteiger charge is -2.13. The summed E-state index contributed by atoms with van der Waals surface area (Å²) in [6.07, 6.45) is 1.69. The highest BCUT2D eigenvalue weighted by molar-refractivity contribution is 5.91. The average molecular weight is 472 g/mol. The van der Waals surface area contributed by atoms with Crippen LogP contribution in [0.25, 0.3) is 33.9 Å². The summed E-state index contributed by atoms with van der Waals surface area (Å²) in [5.74, 6) is 2.55. The number of aryl methyl sites for hydroxylation is 2. The lowest BCUT2D eigenvalue weighted by atomic mass is 10.1. The first kappa shape index (κ1) is 22.6. The Labute approximate surface area is 202 Å². The van der Waals surface area contributed by atoms with Gasteiger partial charge in [0.05, 0.1) is 24.6 Å². The Hall–Kier alpha value is -4.20. The SMILES string of the molecule is COc1cc(Nc2cc(C(C)C)nc3c2nc(-c2ccc(F)cc2)n3C)ccc1-c1cnc(C)o1. The molecule has 0 bridgehead atoms. The highest BCUT2D eigenvalue weighted by Crippen LogP contribution is 2.36. The highest BCUT2D eigenvalue weighted by atomic mass is 19.1. The number of nitrogens with zero attached hydrogens (tertiary/aromatic N) is 4. The molecule has 8 heteroatoms. The first-order valence-electron chi connectivity index (χ1n) is 11.3. The third-order valence-electron chi connectivity index (χ3n) is 5.91. The molecule has 178 valence electrons. The van der Waals surface area contributed by atoms with Gasteiger partial charge in [0, 0.05) is 37.0 Å². The fourth-order valence-electron chi connectivity index (χ4n) is 4.03. The monoisotopic (exact) mass is 471 g/mol. The number of anilines is 2. The Bertz CT molecular complexity index is 1520. The van der Waals surface area contributed by atoms with Crippen LogP contribution in [0.4, 0.5) is 15.8 Å². The fourth-order valence-corrected chi connectivity index (χ4v) is 4.03. The van der Waals surface area contributed by atoms with Crippen molar-refractivity contribution in [3.63, 3.8) is 0 Å². The molecule has 0 spiro atoms. The molecule has 5 rings (SSSR count). The van der Waals surface area contributed by atoms with Gasteiger partial charge in [0.15, 0.2) is 17.3 Å². The molecule has 3 aromatic heterocycles. The smallest absolute Gasteiger partial charge is 0.191 e. The van der Waals surface area contributed by atoms with Crippen LogP contribution in [0.15, 0.2) is 59.1 Å². The molecule has 0 radical (unpaired) electrons. The Kier molecular flexibility index (Phi) is 5.72. The summed E-state index contributed by atoms with van der Waals surface area (Å²) in [6.45, 7) is 6.01. The zero-order chi connectivity index (χ0) is 24.7. The van der Waals surface area contributed by atoms with Crippen molar-refractivity contribution in [2.45, 2.75) is 26.7 Å². The van der Waals surface area contributed by atoms with Gasteiger partial charge in [-0.1, -0.05) is 13.8 Å². The van der Waals surface area contributed by atoms with Crippen LogP contribution in [0.3, 0.4) is 0 Å². The number of fused-ring (bicyclic) bond motifs is 1. The lowest BCUT2D eigenvalue weighted by Crippen LogP contribution is -2.01. The van der Waals surface area contributed by atoms with Crippen LogP contribution < -0.4 is 10.1 Å². The number of ether oxygens (including phenoxy) is 1. The van der Waals surface area contributed by atoms with Crippen molar-refractivity contribution in [3.8, 4) is 28.5 Å². The van der Waals surface area contributed by atoms with E-state index >= 15 is 0 Å². The number of halogens is 1. The number of nitrogens with one attached hydrogen (secondary N) is 1. The van der Waals surface area contributed by atoms with Gasteiger partial charge >= 0.3 is 0 Å². The van der Waals surface area contributed by atoms with Crippen molar-refractivity contribution < 1.29 is 13.5 Å². The minimum atomic E-state index is -0.284. The molecular weight excluding hydrogens is 445 g/mol. The highest BCUT2D eigenvalue weighted by Gasteiger charge is 2.18. The maximum atomic E-state index is 13.5.